The topological polar surface area (TPSA) is 295 Å². The van der Waals surface area contributed by atoms with Gasteiger partial charge in [0.05, 0.1) is 0 Å². The van der Waals surface area contributed by atoms with Crippen LogP contribution in [-0.4, -0.2) is 106 Å². The van der Waals surface area contributed by atoms with E-state index >= 15 is 0 Å². The summed E-state index contributed by atoms with van der Waals surface area (Å²) in [5.74, 6) is 2.45. The number of halogens is 1. The molecular formula is C90H95BBrN9O11. The van der Waals surface area contributed by atoms with E-state index in [9.17, 15) is 28.8 Å². The Labute approximate surface area is 663 Å². The van der Waals surface area contributed by atoms with E-state index in [1.54, 1.807) is 45.4 Å². The van der Waals surface area contributed by atoms with Gasteiger partial charge in [0.25, 0.3) is 17.7 Å². The van der Waals surface area contributed by atoms with Crippen molar-refractivity contribution >= 4 is 81.5 Å². The fourth-order valence-corrected chi connectivity index (χ4v) is 15.5. The molecule has 6 aliphatic heterocycles. The third kappa shape index (κ3) is 17.1. The van der Waals surface area contributed by atoms with Crippen molar-refractivity contribution in [2.75, 3.05) is 21.1 Å². The SMILES string of the molecule is CCCCCC(=O)c1cccc(-c2ccc3c(c2)[C@]2(C[C@@H](c4ccccc4)O3)N=C(N)N(C)C2=O)c1.CCCCCC(=O)c1cccc(-c2ccc3c(c2)[C@]2(C[C@H](c4ccccc4)O3)N=C(N)N(C)C2=O)c1.CCCCCC(=O)c1cccc(B(O)O)c1.CN1C(=O)C2(CC(c3ccccc3)Oc3ccc(Br)cc32)N=C1N. The summed E-state index contributed by atoms with van der Waals surface area (Å²) < 4.78 is 19.8. The summed E-state index contributed by atoms with van der Waals surface area (Å²) in [5, 5.41) is 18.0. The predicted molar refractivity (Wildman–Crippen MR) is 441 cm³/mol. The molecule has 0 saturated heterocycles. The number of likely N-dealkylation sites (N-methyl/N-ethyl adjacent to an activating group) is 3. The van der Waals surface area contributed by atoms with Crippen molar-refractivity contribution in [2.24, 2.45) is 32.2 Å². The Kier molecular flexibility index (Phi) is 25.3. The highest BCUT2D eigenvalue weighted by molar-refractivity contribution is 9.10. The van der Waals surface area contributed by atoms with E-state index in [1.165, 1.54) is 14.7 Å². The lowest BCUT2D eigenvalue weighted by atomic mass is 9.79. The molecule has 112 heavy (non-hydrogen) atoms. The maximum atomic E-state index is 13.6. The Hall–Kier alpha value is -11.3. The number of Topliss-reactive ketones (excluding diaryl/α,β-unsaturated/α-hetero) is 3. The zero-order chi connectivity index (χ0) is 79.4. The molecular weight excluding hydrogens is 1470 g/mol. The zero-order valence-corrected chi connectivity index (χ0v) is 65.6. The van der Waals surface area contributed by atoms with Gasteiger partial charge in [-0.05, 0) is 118 Å². The van der Waals surface area contributed by atoms with Gasteiger partial charge in [-0.3, -0.25) is 43.5 Å². The maximum absolute atomic E-state index is 13.6. The fraction of sp³-hybridized carbons (Fsp3) is 0.300. The van der Waals surface area contributed by atoms with Gasteiger partial charge >= 0.3 is 7.12 Å². The number of benzene rings is 9. The van der Waals surface area contributed by atoms with Crippen molar-refractivity contribution in [1.29, 1.82) is 0 Å². The van der Waals surface area contributed by atoms with Crippen molar-refractivity contribution in [1.82, 2.24) is 14.7 Å². The molecule has 15 rings (SSSR count). The minimum absolute atomic E-state index is 0.0657. The van der Waals surface area contributed by atoms with Crippen molar-refractivity contribution in [3.05, 3.63) is 273 Å². The molecule has 0 radical (unpaired) electrons. The molecule has 6 atom stereocenters. The van der Waals surface area contributed by atoms with Crippen LogP contribution < -0.4 is 36.9 Å². The maximum Gasteiger partial charge on any atom is 0.488 e. The van der Waals surface area contributed by atoms with Crippen LogP contribution >= 0.6 is 15.9 Å². The monoisotopic (exact) mass is 1570 g/mol. The first-order valence-electron chi connectivity index (χ1n) is 38.4. The third-order valence-corrected chi connectivity index (χ3v) is 22.0. The Morgan fingerprint density at radius 1 is 0.411 bits per heavy atom. The molecule has 576 valence electrons. The number of amides is 3. The average molecular weight is 1570 g/mol. The molecule has 2 unspecified atom stereocenters. The second kappa shape index (κ2) is 35.4. The van der Waals surface area contributed by atoms with Gasteiger partial charge in [-0.1, -0.05) is 239 Å². The lowest BCUT2D eigenvalue weighted by Crippen LogP contribution is -2.43. The highest BCUT2D eigenvalue weighted by Gasteiger charge is 2.57. The van der Waals surface area contributed by atoms with Crippen molar-refractivity contribution < 1.29 is 53.0 Å². The Morgan fingerprint density at radius 3 is 1.04 bits per heavy atom. The smallest absolute Gasteiger partial charge is 0.485 e. The number of nitrogens with two attached hydrogens (primary N) is 3. The van der Waals surface area contributed by atoms with E-state index in [-0.39, 0.29) is 71.3 Å². The minimum atomic E-state index is -1.51. The lowest BCUT2D eigenvalue weighted by Gasteiger charge is -2.37. The Balaban J connectivity index is 0.000000144. The van der Waals surface area contributed by atoms with Gasteiger partial charge in [-0.2, -0.15) is 0 Å². The summed E-state index contributed by atoms with van der Waals surface area (Å²) in [5.41, 5.74) is 26.0. The second-order valence-electron chi connectivity index (χ2n) is 29.1. The summed E-state index contributed by atoms with van der Waals surface area (Å²) in [6, 6.07) is 68.8. The van der Waals surface area contributed by atoms with Gasteiger partial charge in [0, 0.05) is 97.5 Å². The van der Waals surface area contributed by atoms with Crippen LogP contribution in [0.1, 0.15) is 200 Å². The van der Waals surface area contributed by atoms with E-state index in [4.69, 9.17) is 51.4 Å². The highest BCUT2D eigenvalue weighted by atomic mass is 79.9. The van der Waals surface area contributed by atoms with Crippen LogP contribution in [0, 0.1) is 0 Å². The molecule has 9 aromatic carbocycles. The molecule has 0 aromatic heterocycles. The summed E-state index contributed by atoms with van der Waals surface area (Å²) in [6.07, 6.45) is 10.9. The molecule has 0 fully saturated rings. The summed E-state index contributed by atoms with van der Waals surface area (Å²) in [6.45, 7) is 6.35. The van der Waals surface area contributed by atoms with Crippen molar-refractivity contribution in [3.63, 3.8) is 0 Å². The third-order valence-electron chi connectivity index (χ3n) is 21.5. The molecule has 3 spiro atoms. The molecule has 20 nitrogen and oxygen atoms in total. The number of hydrogen-bond donors (Lipinski definition) is 5. The number of hydrogen-bond acceptors (Lipinski definition) is 17. The van der Waals surface area contributed by atoms with Crippen LogP contribution in [-0.2, 0) is 31.0 Å². The molecule has 0 bridgehead atoms. The number of aliphatic imine (C=N–C) groups is 3. The normalized spacial score (nSPS) is 20.2. The van der Waals surface area contributed by atoms with Crippen LogP contribution in [0.25, 0.3) is 22.3 Å². The number of nitrogens with zero attached hydrogens (tertiary/aromatic N) is 6. The highest BCUT2D eigenvalue weighted by Crippen LogP contribution is 2.54. The van der Waals surface area contributed by atoms with Gasteiger partial charge in [-0.25, -0.2) is 15.0 Å². The van der Waals surface area contributed by atoms with Crippen LogP contribution in [0.5, 0.6) is 17.2 Å². The van der Waals surface area contributed by atoms with Crippen LogP contribution in [0.2, 0.25) is 0 Å². The summed E-state index contributed by atoms with van der Waals surface area (Å²) in [7, 11) is 3.45. The van der Waals surface area contributed by atoms with E-state index in [2.05, 4.69) is 41.7 Å². The first-order valence-corrected chi connectivity index (χ1v) is 39.2. The molecule has 22 heteroatoms. The van der Waals surface area contributed by atoms with Gasteiger partial charge in [0.15, 0.2) is 51.8 Å². The quantitative estimate of drug-likeness (QED) is 0.0254. The van der Waals surface area contributed by atoms with E-state index in [0.29, 0.717) is 89.1 Å². The summed E-state index contributed by atoms with van der Waals surface area (Å²) in [4.78, 5) is 95.6. The molecule has 3 amide bonds. The predicted octanol–water partition coefficient (Wildman–Crippen LogP) is 15.3. The van der Waals surface area contributed by atoms with Crippen LogP contribution in [0.15, 0.2) is 238 Å². The van der Waals surface area contributed by atoms with Crippen molar-refractivity contribution in [2.45, 2.75) is 152 Å². The Bertz CT molecular complexity index is 4860. The number of ether oxygens (including phenoxy) is 3. The first-order chi connectivity index (χ1) is 54.0. The van der Waals surface area contributed by atoms with Gasteiger partial charge in [-0.15, -0.1) is 0 Å². The van der Waals surface area contributed by atoms with E-state index in [0.717, 1.165) is 107 Å². The van der Waals surface area contributed by atoms with Gasteiger partial charge < -0.3 is 41.5 Å². The number of fused-ring (bicyclic) bond motifs is 6. The lowest BCUT2D eigenvalue weighted by molar-refractivity contribution is -0.133. The number of unbranched alkanes of at least 4 members (excludes halogenated alkanes) is 6. The number of ketones is 3. The van der Waals surface area contributed by atoms with E-state index in [1.807, 2.05) is 194 Å². The molecule has 0 aliphatic carbocycles. The standard InChI is InChI=1S/2C30H31N3O3.C18H16BrN3O2.C12H17BO3/c2*1-3-4-6-14-25(34)23-13-9-12-21(17-23)22-15-16-26-24(18-22)30(28(35)33(2)29(31)32-30)19-27(36-26)20-10-7-5-8-11-20;1-22-16(23)18(21-17(22)20)10-15(11-5-3-2-4-6-11)24-14-8-7-12(19)9-13(14)18;1-2-3-4-8-12(14)10-6-5-7-11(9-10)13(15)16/h2*5,7-13,15-18,27H,3-4,6,14,19H2,1-2H3,(H2,31,32);2-9,15H,10H2,1H3,(H2,20,21);5-7,9,15-16H,2-4,8H2,1H3/t27-,30+;27-,30-;;/m10../s1. The first kappa shape index (κ1) is 80.2. The number of guanidine groups is 3. The zero-order valence-electron chi connectivity index (χ0n) is 64.1. The molecule has 6 aliphatic rings. The van der Waals surface area contributed by atoms with Crippen LogP contribution in [0.4, 0.5) is 0 Å². The average Bonchev–Trinajstić information content (AvgIpc) is 1.52. The largest absolute Gasteiger partial charge is 0.488 e. The van der Waals surface area contributed by atoms with Crippen molar-refractivity contribution in [3.8, 4) is 39.5 Å². The number of rotatable bonds is 21. The fourth-order valence-electron chi connectivity index (χ4n) is 15.2. The number of carbonyl (C=O) groups is 6. The summed E-state index contributed by atoms with van der Waals surface area (Å²) >= 11 is 3.47. The second-order valence-corrected chi connectivity index (χ2v) is 30.0. The molecule has 9 aromatic rings. The Morgan fingerprint density at radius 2 is 0.723 bits per heavy atom. The molecule has 0 saturated carbocycles. The van der Waals surface area contributed by atoms with Crippen LogP contribution in [0.3, 0.4) is 0 Å². The van der Waals surface area contributed by atoms with Gasteiger partial charge in [0.1, 0.15) is 35.6 Å². The number of carbonyl (C=O) groups excluding carboxylic acids is 6. The molecule has 8 N–H and O–H groups in total. The van der Waals surface area contributed by atoms with E-state index < -0.39 is 23.7 Å². The molecule has 6 heterocycles. The minimum Gasteiger partial charge on any atom is -0.485 e. The van der Waals surface area contributed by atoms with Gasteiger partial charge in [0.2, 0.25) is 0 Å².